The molecule has 0 spiro atoms. The van der Waals surface area contributed by atoms with Crippen molar-refractivity contribution in [1.82, 2.24) is 0 Å². The first-order chi connectivity index (χ1) is 23.1. The first kappa shape index (κ1) is 42.9. The fourth-order valence-electron chi connectivity index (χ4n) is 5.81. The van der Waals surface area contributed by atoms with Gasteiger partial charge in [-0.25, -0.2) is 0 Å². The van der Waals surface area contributed by atoms with Crippen LogP contribution >= 0.6 is 0 Å². The molecule has 13 nitrogen and oxygen atoms in total. The first-order valence-electron chi connectivity index (χ1n) is 18.2. The molecule has 2 fully saturated rings. The van der Waals surface area contributed by atoms with Crippen LogP contribution < -0.4 is 0 Å². The molecule has 7 N–H and O–H groups in total. The summed E-state index contributed by atoms with van der Waals surface area (Å²) in [5, 5.41) is 71.5. The third-order valence-electron chi connectivity index (χ3n) is 8.95. The second kappa shape index (κ2) is 24.8. The van der Waals surface area contributed by atoms with Crippen LogP contribution in [0.3, 0.4) is 0 Å². The van der Waals surface area contributed by atoms with Crippen LogP contribution in [-0.4, -0.2) is 129 Å². The second-order valence-corrected chi connectivity index (χ2v) is 13.1. The Balaban J connectivity index is 1.55. The number of allylic oxidation sites excluding steroid dienone is 2. The second-order valence-electron chi connectivity index (χ2n) is 13.1. The number of aliphatic hydroxyl groups excluding tert-OH is 7. The van der Waals surface area contributed by atoms with Gasteiger partial charge >= 0.3 is 5.97 Å². The molecule has 2 aliphatic heterocycles. The van der Waals surface area contributed by atoms with Crippen molar-refractivity contribution in [3.8, 4) is 0 Å². The molecule has 2 saturated heterocycles. The SMILES string of the molecule is CCCCCCCC/C=C\CCCCCCCCC(=O)OC[C@H](O)CO[C@@H]1O[C@H](CO[C@@H]2O[C@H](CC)[C@@H](O)[C@H](O)[C@H]2O)[C@@H](O)[C@H](O)[C@H]1O. The van der Waals surface area contributed by atoms with Crippen molar-refractivity contribution in [2.24, 2.45) is 0 Å². The maximum absolute atomic E-state index is 12.1. The molecular formula is C35H64O13. The van der Waals surface area contributed by atoms with Gasteiger partial charge < -0.3 is 59.4 Å². The Labute approximate surface area is 286 Å². The summed E-state index contributed by atoms with van der Waals surface area (Å²) in [6.45, 7) is 2.81. The normalized spacial score (nSPS) is 31.7. The van der Waals surface area contributed by atoms with Gasteiger partial charge in [0.05, 0.1) is 19.3 Å². The molecule has 48 heavy (non-hydrogen) atoms. The predicted molar refractivity (Wildman–Crippen MR) is 177 cm³/mol. The number of ether oxygens (including phenoxy) is 5. The number of hydrogen-bond acceptors (Lipinski definition) is 13. The van der Waals surface area contributed by atoms with Gasteiger partial charge in [-0.1, -0.05) is 83.8 Å². The van der Waals surface area contributed by atoms with E-state index < -0.39 is 86.7 Å². The molecule has 2 aliphatic rings. The summed E-state index contributed by atoms with van der Waals surface area (Å²) < 4.78 is 27.1. The topological polar surface area (TPSA) is 205 Å². The highest BCUT2D eigenvalue weighted by Gasteiger charge is 2.47. The molecule has 0 aromatic heterocycles. The van der Waals surface area contributed by atoms with Crippen LogP contribution in [0.4, 0.5) is 0 Å². The molecule has 282 valence electrons. The standard InChI is InChI=1S/C35H64O13/c1-3-5-6-7-8-9-10-11-12-13-14-15-16-17-18-19-20-27(37)44-21-24(36)22-45-34-33(43)31(41)29(39)26(48-34)23-46-35-32(42)30(40)28(38)25(4-2)47-35/h11-12,24-26,28-36,38-43H,3-10,13-23H2,1-2H3/b12-11-/t24-,25+,26+,28+,29+,30-,31-,32+,33+,34+,35+/m0/s1. The van der Waals surface area contributed by atoms with Crippen molar-refractivity contribution in [2.45, 2.75) is 184 Å². The third-order valence-corrected chi connectivity index (χ3v) is 8.95. The lowest BCUT2D eigenvalue weighted by Crippen LogP contribution is -2.61. The Morgan fingerprint density at radius 1 is 0.625 bits per heavy atom. The molecule has 0 radical (unpaired) electrons. The van der Waals surface area contributed by atoms with E-state index in [4.69, 9.17) is 23.7 Å². The summed E-state index contributed by atoms with van der Waals surface area (Å²) >= 11 is 0. The molecule has 0 aliphatic carbocycles. The van der Waals surface area contributed by atoms with Crippen LogP contribution in [0.2, 0.25) is 0 Å². The highest BCUT2D eigenvalue weighted by Crippen LogP contribution is 2.27. The van der Waals surface area contributed by atoms with Crippen LogP contribution in [0, 0.1) is 0 Å². The molecule has 0 aromatic rings. The average molecular weight is 693 g/mol. The van der Waals surface area contributed by atoms with E-state index in [-0.39, 0.29) is 13.0 Å². The molecule has 0 saturated carbocycles. The molecule has 0 aromatic carbocycles. The van der Waals surface area contributed by atoms with Crippen LogP contribution in [0.5, 0.6) is 0 Å². The minimum atomic E-state index is -1.68. The number of carbonyl (C=O) groups is 1. The van der Waals surface area contributed by atoms with Crippen molar-refractivity contribution in [2.75, 3.05) is 19.8 Å². The first-order valence-corrected chi connectivity index (χ1v) is 18.2. The summed E-state index contributed by atoms with van der Waals surface area (Å²) in [5.74, 6) is -0.427. The lowest BCUT2D eigenvalue weighted by atomic mass is 9.97. The molecule has 0 amide bonds. The Bertz CT molecular complexity index is 858. The van der Waals surface area contributed by atoms with Gasteiger partial charge in [-0.3, -0.25) is 4.79 Å². The maximum Gasteiger partial charge on any atom is 0.305 e. The number of hydrogen-bond donors (Lipinski definition) is 7. The number of esters is 1. The van der Waals surface area contributed by atoms with Crippen LogP contribution in [-0.2, 0) is 28.5 Å². The van der Waals surface area contributed by atoms with E-state index in [1.807, 2.05) is 0 Å². The fourth-order valence-corrected chi connectivity index (χ4v) is 5.81. The number of carbonyl (C=O) groups excluding carboxylic acids is 1. The summed E-state index contributed by atoms with van der Waals surface area (Å²) in [5.41, 5.74) is 0. The van der Waals surface area contributed by atoms with Gasteiger partial charge in [0.15, 0.2) is 12.6 Å². The molecule has 2 heterocycles. The molecule has 13 heteroatoms. The summed E-state index contributed by atoms with van der Waals surface area (Å²) in [6.07, 6.45) is 6.24. The fraction of sp³-hybridized carbons (Fsp3) is 0.914. The summed E-state index contributed by atoms with van der Waals surface area (Å²) in [7, 11) is 0. The summed E-state index contributed by atoms with van der Waals surface area (Å²) in [6, 6.07) is 0. The van der Waals surface area contributed by atoms with Gasteiger partial charge in [0.2, 0.25) is 0 Å². The molecule has 2 rings (SSSR count). The quantitative estimate of drug-likeness (QED) is 0.0418. The van der Waals surface area contributed by atoms with Gasteiger partial charge in [-0.2, -0.15) is 0 Å². The highest BCUT2D eigenvalue weighted by atomic mass is 16.7. The van der Waals surface area contributed by atoms with E-state index >= 15 is 0 Å². The average Bonchev–Trinajstić information content (AvgIpc) is 3.08. The van der Waals surface area contributed by atoms with Gasteiger partial charge in [-0.15, -0.1) is 0 Å². The van der Waals surface area contributed by atoms with Crippen molar-refractivity contribution in [1.29, 1.82) is 0 Å². The minimum Gasteiger partial charge on any atom is -0.463 e. The van der Waals surface area contributed by atoms with Gasteiger partial charge in [0.1, 0.15) is 55.4 Å². The zero-order valence-electron chi connectivity index (χ0n) is 29.0. The van der Waals surface area contributed by atoms with E-state index in [2.05, 4.69) is 19.1 Å². The van der Waals surface area contributed by atoms with E-state index in [9.17, 15) is 40.5 Å². The zero-order valence-corrected chi connectivity index (χ0v) is 29.0. The third kappa shape index (κ3) is 15.8. The largest absolute Gasteiger partial charge is 0.463 e. The minimum absolute atomic E-state index is 0.249. The summed E-state index contributed by atoms with van der Waals surface area (Å²) in [4.78, 5) is 12.1. The smallest absolute Gasteiger partial charge is 0.305 e. The van der Waals surface area contributed by atoms with Crippen molar-refractivity contribution >= 4 is 5.97 Å². The van der Waals surface area contributed by atoms with Crippen LogP contribution in [0.25, 0.3) is 0 Å². The number of rotatable bonds is 25. The van der Waals surface area contributed by atoms with E-state index in [1.54, 1.807) is 6.92 Å². The number of unbranched alkanes of at least 4 members (excludes halogenated alkanes) is 12. The van der Waals surface area contributed by atoms with E-state index in [0.717, 1.165) is 25.7 Å². The molecule has 11 atom stereocenters. The van der Waals surface area contributed by atoms with Gasteiger partial charge in [0, 0.05) is 6.42 Å². The van der Waals surface area contributed by atoms with Crippen LogP contribution in [0.1, 0.15) is 117 Å². The molecule has 0 bridgehead atoms. The Kier molecular flexibility index (Phi) is 22.2. The lowest BCUT2D eigenvalue weighted by Gasteiger charge is -2.43. The highest BCUT2D eigenvalue weighted by molar-refractivity contribution is 5.69. The van der Waals surface area contributed by atoms with E-state index in [0.29, 0.717) is 12.8 Å². The van der Waals surface area contributed by atoms with Crippen molar-refractivity contribution < 1.29 is 64.2 Å². The zero-order chi connectivity index (χ0) is 35.3. The maximum atomic E-state index is 12.1. The Hall–Kier alpha value is -1.23. The predicted octanol–water partition coefficient (Wildman–Crippen LogP) is 2.38. The number of aliphatic hydroxyl groups is 7. The monoisotopic (exact) mass is 692 g/mol. The Morgan fingerprint density at radius 3 is 1.71 bits per heavy atom. The van der Waals surface area contributed by atoms with Crippen LogP contribution in [0.15, 0.2) is 12.2 Å². The van der Waals surface area contributed by atoms with Gasteiger partial charge in [0.25, 0.3) is 0 Å². The van der Waals surface area contributed by atoms with Crippen molar-refractivity contribution in [3.63, 3.8) is 0 Å². The van der Waals surface area contributed by atoms with Crippen molar-refractivity contribution in [3.05, 3.63) is 12.2 Å². The Morgan fingerprint density at radius 2 is 1.12 bits per heavy atom. The van der Waals surface area contributed by atoms with Gasteiger partial charge in [-0.05, 0) is 38.5 Å². The lowest BCUT2D eigenvalue weighted by molar-refractivity contribution is -0.331. The molecule has 0 unspecified atom stereocenters. The van der Waals surface area contributed by atoms with E-state index in [1.165, 1.54) is 57.8 Å². The molecular weight excluding hydrogens is 628 g/mol.